The van der Waals surface area contributed by atoms with E-state index in [1.807, 2.05) is 4.72 Å². The molecule has 0 amide bonds. The molecule has 0 spiro atoms. The van der Waals surface area contributed by atoms with Crippen LogP contribution in [0.4, 0.5) is 0 Å². The van der Waals surface area contributed by atoms with Crippen LogP contribution in [0.5, 0.6) is 0 Å². The topological polar surface area (TPSA) is 155 Å². The Morgan fingerprint density at radius 2 is 1.74 bits per heavy atom. The van der Waals surface area contributed by atoms with Crippen molar-refractivity contribution < 1.29 is 32.3 Å². The van der Waals surface area contributed by atoms with Gasteiger partial charge in [-0.2, -0.15) is 9.98 Å². The van der Waals surface area contributed by atoms with E-state index in [-0.39, 0.29) is 28.2 Å². The fourth-order valence-electron chi connectivity index (χ4n) is 2.88. The van der Waals surface area contributed by atoms with Gasteiger partial charge in [-0.15, -0.1) is 0 Å². The number of hydrogen-bond donors (Lipinski definition) is 2. The Hall–Kier alpha value is -3.49. The zero-order valence-corrected chi connectivity index (χ0v) is 18.0. The maximum Gasteiger partial charge on any atom is 0.340 e. The number of carbonyl (C=O) groups is 3. The molecule has 0 saturated carbocycles. The second-order valence-electron chi connectivity index (χ2n) is 6.36. The van der Waals surface area contributed by atoms with E-state index in [1.165, 1.54) is 24.3 Å². The highest BCUT2D eigenvalue weighted by Gasteiger charge is 2.26. The monoisotopic (exact) mass is 447 g/mol. The van der Waals surface area contributed by atoms with Crippen LogP contribution in [0.2, 0.25) is 0 Å². The van der Waals surface area contributed by atoms with Crippen LogP contribution in [0.1, 0.15) is 44.6 Å². The van der Waals surface area contributed by atoms with Crippen LogP contribution < -0.4 is 4.72 Å². The molecule has 2 rings (SSSR count). The molecule has 0 fully saturated rings. The summed E-state index contributed by atoms with van der Waals surface area (Å²) in [5, 5.41) is 9.03. The SMILES string of the molecule is CCOC(=O)c1c(C)[nH]c(C)c1C(=O)COC(=O)CNS(=O)(=O)c1ccccc1C#N. The average Bonchev–Trinajstić information content (AvgIpc) is 3.04. The number of hydrogen-bond acceptors (Lipinski definition) is 8. The number of rotatable bonds is 9. The van der Waals surface area contributed by atoms with Gasteiger partial charge in [0.15, 0.2) is 6.61 Å². The second kappa shape index (κ2) is 10.0. The summed E-state index contributed by atoms with van der Waals surface area (Å²) in [7, 11) is -4.14. The van der Waals surface area contributed by atoms with Gasteiger partial charge >= 0.3 is 11.9 Å². The number of ketones is 1. The highest BCUT2D eigenvalue weighted by atomic mass is 32.2. The molecule has 0 aliphatic rings. The molecule has 0 atom stereocenters. The zero-order chi connectivity index (χ0) is 23.2. The van der Waals surface area contributed by atoms with Crippen LogP contribution in [0, 0.1) is 25.2 Å². The predicted octanol–water partition coefficient (Wildman–Crippen LogP) is 1.38. The summed E-state index contributed by atoms with van der Waals surface area (Å²) in [5.74, 6) is -2.33. The number of esters is 2. The molecule has 1 heterocycles. The summed E-state index contributed by atoms with van der Waals surface area (Å²) in [6.07, 6.45) is 0. The molecule has 0 bridgehead atoms. The van der Waals surface area contributed by atoms with E-state index in [2.05, 4.69) is 4.98 Å². The molecule has 1 aromatic carbocycles. The Labute approximate surface area is 179 Å². The first-order valence-corrected chi connectivity index (χ1v) is 10.6. The van der Waals surface area contributed by atoms with E-state index >= 15 is 0 Å². The van der Waals surface area contributed by atoms with E-state index in [0.29, 0.717) is 11.4 Å². The van der Waals surface area contributed by atoms with Crippen molar-refractivity contribution in [3.05, 3.63) is 52.3 Å². The lowest BCUT2D eigenvalue weighted by molar-refractivity contribution is -0.141. The second-order valence-corrected chi connectivity index (χ2v) is 8.10. The van der Waals surface area contributed by atoms with E-state index < -0.39 is 40.9 Å². The minimum atomic E-state index is -4.14. The number of aromatic amines is 1. The Morgan fingerprint density at radius 1 is 1.10 bits per heavy atom. The molecule has 0 aliphatic carbocycles. The van der Waals surface area contributed by atoms with Crippen LogP contribution in [0.25, 0.3) is 0 Å². The maximum atomic E-state index is 12.5. The first kappa shape index (κ1) is 23.8. The van der Waals surface area contributed by atoms with Crippen molar-refractivity contribution in [2.24, 2.45) is 0 Å². The molecule has 11 heteroatoms. The number of aryl methyl sites for hydroxylation is 2. The number of sulfonamides is 1. The van der Waals surface area contributed by atoms with Gasteiger partial charge in [-0.3, -0.25) is 9.59 Å². The molecule has 0 aliphatic heterocycles. The van der Waals surface area contributed by atoms with E-state index in [0.717, 1.165) is 0 Å². The van der Waals surface area contributed by atoms with Gasteiger partial charge < -0.3 is 14.5 Å². The number of benzene rings is 1. The van der Waals surface area contributed by atoms with Gasteiger partial charge in [-0.1, -0.05) is 12.1 Å². The van der Waals surface area contributed by atoms with Crippen molar-refractivity contribution in [2.75, 3.05) is 19.8 Å². The normalized spacial score (nSPS) is 10.9. The minimum absolute atomic E-state index is 0.0484. The third-order valence-corrected chi connectivity index (χ3v) is 5.66. The van der Waals surface area contributed by atoms with Gasteiger partial charge in [0.05, 0.1) is 28.2 Å². The number of carbonyl (C=O) groups excluding carboxylic acids is 3. The molecule has 1 aromatic heterocycles. The van der Waals surface area contributed by atoms with Crippen molar-refractivity contribution in [3.8, 4) is 6.07 Å². The van der Waals surface area contributed by atoms with Crippen molar-refractivity contribution in [1.29, 1.82) is 5.26 Å². The standard InChI is InChI=1S/C20H21N3O7S/c1-4-29-20(26)19-13(3)23-12(2)18(19)15(24)11-30-17(25)10-22-31(27,28)16-8-6-5-7-14(16)9-21/h5-8,22-23H,4,10-11H2,1-3H3. The number of Topliss-reactive ketones (excluding diaryl/α,β-unsaturated/α-hetero) is 1. The maximum absolute atomic E-state index is 12.5. The Balaban J connectivity index is 2.03. The van der Waals surface area contributed by atoms with Crippen molar-refractivity contribution >= 4 is 27.7 Å². The fraction of sp³-hybridized carbons (Fsp3) is 0.300. The largest absolute Gasteiger partial charge is 0.462 e. The molecule has 2 aromatic rings. The zero-order valence-electron chi connectivity index (χ0n) is 17.1. The third-order valence-electron chi connectivity index (χ3n) is 4.20. The number of ether oxygens (including phenoxy) is 2. The number of nitrogens with one attached hydrogen (secondary N) is 2. The molecule has 164 valence electrons. The summed E-state index contributed by atoms with van der Waals surface area (Å²) >= 11 is 0. The van der Waals surface area contributed by atoms with Gasteiger partial charge in [0.2, 0.25) is 15.8 Å². The van der Waals surface area contributed by atoms with Crippen LogP contribution in [-0.4, -0.2) is 50.9 Å². The van der Waals surface area contributed by atoms with Gasteiger partial charge in [0.1, 0.15) is 12.6 Å². The number of H-pyrrole nitrogens is 1. The molecule has 0 radical (unpaired) electrons. The third kappa shape index (κ3) is 5.56. The van der Waals surface area contributed by atoms with Gasteiger partial charge in [-0.05, 0) is 32.9 Å². The lowest BCUT2D eigenvalue weighted by Crippen LogP contribution is -2.32. The number of nitrogens with zero attached hydrogens (tertiary/aromatic N) is 1. The minimum Gasteiger partial charge on any atom is -0.462 e. The smallest absolute Gasteiger partial charge is 0.340 e. The summed E-state index contributed by atoms with van der Waals surface area (Å²) < 4.78 is 36.5. The van der Waals surface area contributed by atoms with Crippen LogP contribution in [0.15, 0.2) is 29.2 Å². The first-order chi connectivity index (χ1) is 14.6. The average molecular weight is 447 g/mol. The molecular formula is C20H21N3O7S. The van der Waals surface area contributed by atoms with E-state index in [1.54, 1.807) is 26.8 Å². The van der Waals surface area contributed by atoms with Crippen molar-refractivity contribution in [1.82, 2.24) is 9.71 Å². The summed E-state index contributed by atoms with van der Waals surface area (Å²) in [6, 6.07) is 7.26. The first-order valence-electron chi connectivity index (χ1n) is 9.16. The number of nitriles is 1. The lowest BCUT2D eigenvalue weighted by atomic mass is 10.1. The quantitative estimate of drug-likeness (QED) is 0.431. The summed E-state index contributed by atoms with van der Waals surface area (Å²) in [5.41, 5.74) is 0.884. The molecule has 0 saturated heterocycles. The Morgan fingerprint density at radius 3 is 2.39 bits per heavy atom. The highest BCUT2D eigenvalue weighted by Crippen LogP contribution is 2.20. The summed E-state index contributed by atoms with van der Waals surface area (Å²) in [4.78, 5) is 39.2. The van der Waals surface area contributed by atoms with E-state index in [9.17, 15) is 22.8 Å². The Bertz CT molecular complexity index is 1160. The highest BCUT2D eigenvalue weighted by molar-refractivity contribution is 7.89. The van der Waals surface area contributed by atoms with Crippen LogP contribution in [0.3, 0.4) is 0 Å². The van der Waals surface area contributed by atoms with E-state index in [4.69, 9.17) is 14.7 Å². The fourth-order valence-corrected chi connectivity index (χ4v) is 4.01. The molecule has 0 unspecified atom stereocenters. The summed E-state index contributed by atoms with van der Waals surface area (Å²) in [6.45, 7) is 3.51. The Kier molecular flexibility index (Phi) is 7.68. The molecule has 10 nitrogen and oxygen atoms in total. The molecular weight excluding hydrogens is 426 g/mol. The van der Waals surface area contributed by atoms with Crippen LogP contribution >= 0.6 is 0 Å². The van der Waals surface area contributed by atoms with Crippen molar-refractivity contribution in [3.63, 3.8) is 0 Å². The molecule has 2 N–H and O–H groups in total. The van der Waals surface area contributed by atoms with Gasteiger partial charge in [0.25, 0.3) is 0 Å². The van der Waals surface area contributed by atoms with Gasteiger partial charge in [-0.25, -0.2) is 13.2 Å². The molecule has 31 heavy (non-hydrogen) atoms. The van der Waals surface area contributed by atoms with Crippen molar-refractivity contribution in [2.45, 2.75) is 25.7 Å². The van der Waals surface area contributed by atoms with Gasteiger partial charge in [0, 0.05) is 11.4 Å². The predicted molar refractivity (Wildman–Crippen MR) is 108 cm³/mol. The van der Waals surface area contributed by atoms with Crippen LogP contribution in [-0.2, 0) is 24.3 Å². The number of aromatic nitrogens is 1. The lowest BCUT2D eigenvalue weighted by Gasteiger charge is -2.09.